The minimum atomic E-state index is -0.604. The van der Waals surface area contributed by atoms with Crippen LogP contribution in [0.15, 0.2) is 72.8 Å². The summed E-state index contributed by atoms with van der Waals surface area (Å²) in [6, 6.07) is 18.9. The Bertz CT molecular complexity index is 1540. The van der Waals surface area contributed by atoms with E-state index in [9.17, 15) is 24.9 Å². The third-order valence-electron chi connectivity index (χ3n) is 6.31. The largest absolute Gasteiger partial charge is 0.508 e. The summed E-state index contributed by atoms with van der Waals surface area (Å²) in [5, 5.41) is 31.0. The van der Waals surface area contributed by atoms with E-state index < -0.39 is 11.9 Å². The van der Waals surface area contributed by atoms with Crippen molar-refractivity contribution in [1.29, 1.82) is 0 Å². The lowest BCUT2D eigenvalue weighted by molar-refractivity contribution is 0.0592. The molecule has 206 valence electrons. The summed E-state index contributed by atoms with van der Waals surface area (Å²) in [6.07, 6.45) is 0.930. The highest BCUT2D eigenvalue weighted by atomic mass is 16.5. The normalized spacial score (nSPS) is 10.6. The Balaban J connectivity index is 1.61. The second kappa shape index (κ2) is 12.1. The van der Waals surface area contributed by atoms with Gasteiger partial charge in [-0.15, -0.1) is 0 Å². The molecule has 4 aromatic carbocycles. The van der Waals surface area contributed by atoms with Gasteiger partial charge in [-0.1, -0.05) is 12.1 Å². The molecule has 3 N–H and O–H groups in total. The van der Waals surface area contributed by atoms with Crippen molar-refractivity contribution in [2.75, 3.05) is 21.3 Å². The number of aromatic hydroxyl groups is 3. The molecule has 4 rings (SSSR count). The summed E-state index contributed by atoms with van der Waals surface area (Å²) in [6.45, 7) is 0. The van der Waals surface area contributed by atoms with Crippen molar-refractivity contribution in [3.8, 4) is 45.6 Å². The molecule has 40 heavy (non-hydrogen) atoms. The first kappa shape index (κ1) is 27.8. The average Bonchev–Trinajstić information content (AvgIpc) is 2.97. The number of hydrogen-bond acceptors (Lipinski definition) is 9. The Morgan fingerprint density at radius 2 is 1.40 bits per heavy atom. The Labute approximate surface area is 230 Å². The number of methoxy groups -OCH3 is 3. The zero-order valence-electron chi connectivity index (χ0n) is 22.1. The second-order valence-corrected chi connectivity index (χ2v) is 8.82. The molecule has 9 heteroatoms. The summed E-state index contributed by atoms with van der Waals surface area (Å²) >= 11 is 0. The van der Waals surface area contributed by atoms with E-state index in [2.05, 4.69) is 0 Å². The first-order chi connectivity index (χ1) is 19.2. The molecule has 0 amide bonds. The van der Waals surface area contributed by atoms with Crippen LogP contribution in [0.2, 0.25) is 0 Å². The van der Waals surface area contributed by atoms with Crippen LogP contribution in [0.1, 0.15) is 31.8 Å². The number of esters is 2. The lowest BCUT2D eigenvalue weighted by Gasteiger charge is -2.16. The van der Waals surface area contributed by atoms with Crippen molar-refractivity contribution >= 4 is 11.9 Å². The molecule has 4 aromatic rings. The smallest absolute Gasteiger partial charge is 0.338 e. The summed E-state index contributed by atoms with van der Waals surface area (Å²) < 4.78 is 20.6. The standard InChI is InChI=1S/C31H28O9/c1-37-28-17-25(31(36)39-3)24(16-27(28)34)23-12-9-21(32)15-20(23)6-4-18-5-13-26(33)29(14-18)40-22-10-7-19(8-11-22)30(35)38-2/h5,7-17,32-34H,4,6H2,1-3H3. The van der Waals surface area contributed by atoms with Gasteiger partial charge in [-0.05, 0) is 90.2 Å². The molecule has 0 spiro atoms. The van der Waals surface area contributed by atoms with Gasteiger partial charge in [-0.2, -0.15) is 0 Å². The number of carbonyl (C=O) groups excluding carboxylic acids is 2. The third kappa shape index (κ3) is 6.10. The number of hydrogen-bond donors (Lipinski definition) is 3. The van der Waals surface area contributed by atoms with Gasteiger partial charge >= 0.3 is 11.9 Å². The molecular formula is C31H28O9. The van der Waals surface area contributed by atoms with E-state index >= 15 is 0 Å². The Morgan fingerprint density at radius 3 is 2.08 bits per heavy atom. The molecule has 0 unspecified atom stereocenters. The van der Waals surface area contributed by atoms with Crippen LogP contribution in [0.25, 0.3) is 11.1 Å². The molecule has 0 aliphatic carbocycles. The number of ether oxygens (including phenoxy) is 4. The molecule has 0 atom stereocenters. The first-order valence-corrected chi connectivity index (χ1v) is 12.2. The predicted octanol–water partition coefficient (Wildman–Crippen LogP) is 5.63. The third-order valence-corrected chi connectivity index (χ3v) is 6.31. The van der Waals surface area contributed by atoms with Gasteiger partial charge in [0.1, 0.15) is 11.5 Å². The van der Waals surface area contributed by atoms with Gasteiger partial charge < -0.3 is 34.3 Å². The molecule has 0 bridgehead atoms. The van der Waals surface area contributed by atoms with E-state index in [1.54, 1.807) is 48.5 Å². The van der Waals surface area contributed by atoms with E-state index in [0.29, 0.717) is 40.8 Å². The lowest BCUT2D eigenvalue weighted by atomic mass is 9.91. The highest BCUT2D eigenvalue weighted by Crippen LogP contribution is 2.38. The molecule has 0 fully saturated rings. The molecule has 0 saturated carbocycles. The topological polar surface area (TPSA) is 132 Å². The molecule has 0 radical (unpaired) electrons. The number of aryl methyl sites for hydroxylation is 2. The van der Waals surface area contributed by atoms with Gasteiger partial charge in [0.25, 0.3) is 0 Å². The molecule has 0 aliphatic heterocycles. The lowest BCUT2D eigenvalue weighted by Crippen LogP contribution is -2.06. The zero-order valence-corrected chi connectivity index (χ0v) is 22.1. The maximum atomic E-state index is 12.6. The van der Waals surface area contributed by atoms with Crippen molar-refractivity contribution in [1.82, 2.24) is 0 Å². The van der Waals surface area contributed by atoms with Crippen molar-refractivity contribution in [2.24, 2.45) is 0 Å². The Hall–Kier alpha value is -5.18. The predicted molar refractivity (Wildman–Crippen MR) is 146 cm³/mol. The molecule has 9 nitrogen and oxygen atoms in total. The quantitative estimate of drug-likeness (QED) is 0.229. The summed E-state index contributed by atoms with van der Waals surface area (Å²) in [7, 11) is 3.95. The van der Waals surface area contributed by atoms with Gasteiger partial charge in [-0.25, -0.2) is 9.59 Å². The number of benzene rings is 4. The highest BCUT2D eigenvalue weighted by molar-refractivity contribution is 5.99. The maximum Gasteiger partial charge on any atom is 0.338 e. The minimum absolute atomic E-state index is 0.0428. The molecule has 0 aliphatic rings. The minimum Gasteiger partial charge on any atom is -0.508 e. The van der Waals surface area contributed by atoms with Crippen LogP contribution >= 0.6 is 0 Å². The van der Waals surface area contributed by atoms with Crippen LogP contribution < -0.4 is 9.47 Å². The average molecular weight is 545 g/mol. The summed E-state index contributed by atoms with van der Waals surface area (Å²) in [5.41, 5.74) is 3.16. The molecule has 0 heterocycles. The summed E-state index contributed by atoms with van der Waals surface area (Å²) in [4.78, 5) is 24.2. The SMILES string of the molecule is COC(=O)c1ccc(Oc2cc(CCc3cc(O)ccc3-c3cc(O)c(OC)cc3C(=O)OC)ccc2O)cc1. The van der Waals surface area contributed by atoms with Gasteiger partial charge in [0, 0.05) is 5.56 Å². The summed E-state index contributed by atoms with van der Waals surface area (Å²) in [5.74, 6) is -0.460. The van der Waals surface area contributed by atoms with Gasteiger partial charge in [0.05, 0.1) is 32.5 Å². The van der Waals surface area contributed by atoms with E-state index in [1.165, 1.54) is 45.6 Å². The van der Waals surface area contributed by atoms with Crippen LogP contribution in [0, 0.1) is 0 Å². The molecular weight excluding hydrogens is 516 g/mol. The van der Waals surface area contributed by atoms with Crippen molar-refractivity contribution in [3.63, 3.8) is 0 Å². The molecule has 0 saturated heterocycles. The van der Waals surface area contributed by atoms with Crippen molar-refractivity contribution < 1.29 is 43.9 Å². The van der Waals surface area contributed by atoms with Crippen LogP contribution in [0.5, 0.6) is 34.5 Å². The second-order valence-electron chi connectivity index (χ2n) is 8.82. The van der Waals surface area contributed by atoms with E-state index in [-0.39, 0.29) is 34.3 Å². The van der Waals surface area contributed by atoms with Crippen LogP contribution in [0.4, 0.5) is 0 Å². The first-order valence-electron chi connectivity index (χ1n) is 12.2. The Morgan fingerprint density at radius 1 is 0.675 bits per heavy atom. The van der Waals surface area contributed by atoms with E-state index in [1.807, 2.05) is 0 Å². The van der Waals surface area contributed by atoms with Gasteiger partial charge in [-0.3, -0.25) is 0 Å². The fourth-order valence-electron chi connectivity index (χ4n) is 4.26. The number of rotatable bonds is 9. The highest BCUT2D eigenvalue weighted by Gasteiger charge is 2.20. The van der Waals surface area contributed by atoms with Crippen molar-refractivity contribution in [3.05, 3.63) is 95.1 Å². The maximum absolute atomic E-state index is 12.6. The number of carbonyl (C=O) groups is 2. The Kier molecular flexibility index (Phi) is 8.44. The van der Waals surface area contributed by atoms with Gasteiger partial charge in [0.2, 0.25) is 0 Å². The molecule has 0 aromatic heterocycles. The van der Waals surface area contributed by atoms with E-state index in [4.69, 9.17) is 18.9 Å². The number of phenolic OH excluding ortho intramolecular Hbond substituents is 3. The van der Waals surface area contributed by atoms with Crippen LogP contribution in [0.3, 0.4) is 0 Å². The fourth-order valence-corrected chi connectivity index (χ4v) is 4.26. The van der Waals surface area contributed by atoms with E-state index in [0.717, 1.165) is 5.56 Å². The van der Waals surface area contributed by atoms with Crippen LogP contribution in [-0.4, -0.2) is 48.6 Å². The zero-order chi connectivity index (χ0) is 28.8. The van der Waals surface area contributed by atoms with Crippen LogP contribution in [-0.2, 0) is 22.3 Å². The van der Waals surface area contributed by atoms with Gasteiger partial charge in [0.15, 0.2) is 23.0 Å². The monoisotopic (exact) mass is 544 g/mol. The van der Waals surface area contributed by atoms with Crippen molar-refractivity contribution in [2.45, 2.75) is 12.8 Å². The number of phenols is 3. The fraction of sp³-hybridized carbons (Fsp3) is 0.161.